The fourth-order valence-corrected chi connectivity index (χ4v) is 1.85. The van der Waals surface area contributed by atoms with Gasteiger partial charge in [0, 0.05) is 6.07 Å². The van der Waals surface area contributed by atoms with Gasteiger partial charge in [-0.05, 0) is 30.7 Å². The fraction of sp³-hybridized carbons (Fsp3) is 0.133. The summed E-state index contributed by atoms with van der Waals surface area (Å²) in [5.74, 6) is -5.36. The number of nitrogens with one attached hydrogen (secondary N) is 1. The van der Waals surface area contributed by atoms with Gasteiger partial charge in [0.05, 0.1) is 11.3 Å². The molecule has 0 saturated carbocycles. The van der Waals surface area contributed by atoms with Gasteiger partial charge in [-0.25, -0.2) is 13.2 Å². The first-order chi connectivity index (χ1) is 11.1. The lowest BCUT2D eigenvalue weighted by Crippen LogP contribution is -2.07. The number of anilines is 1. The van der Waals surface area contributed by atoms with Gasteiger partial charge in [-0.15, -0.1) is 0 Å². The van der Waals surface area contributed by atoms with Crippen molar-refractivity contribution < 1.29 is 35.9 Å². The molecule has 1 N–H and O–H groups in total. The van der Waals surface area contributed by atoms with E-state index in [4.69, 9.17) is 4.74 Å². The maximum absolute atomic E-state index is 13.8. The zero-order valence-electron chi connectivity index (χ0n) is 12.0. The molecule has 1 amide bonds. The predicted molar refractivity (Wildman–Crippen MR) is 72.3 cm³/mol. The summed E-state index contributed by atoms with van der Waals surface area (Å²) in [6, 6.07) is 2.03. The van der Waals surface area contributed by atoms with Crippen LogP contribution in [-0.4, -0.2) is 6.41 Å². The highest BCUT2D eigenvalue weighted by molar-refractivity contribution is 5.76. The minimum absolute atomic E-state index is 0.0363. The summed E-state index contributed by atoms with van der Waals surface area (Å²) in [5, 5.41) is 2.07. The molecule has 0 radical (unpaired) electrons. The summed E-state index contributed by atoms with van der Waals surface area (Å²) < 4.78 is 83.5. The van der Waals surface area contributed by atoms with Crippen LogP contribution in [0.2, 0.25) is 0 Å². The van der Waals surface area contributed by atoms with E-state index >= 15 is 0 Å². The molecule has 0 aliphatic rings. The second-order valence-electron chi connectivity index (χ2n) is 4.73. The van der Waals surface area contributed by atoms with Crippen molar-refractivity contribution in [1.82, 2.24) is 0 Å². The molecule has 24 heavy (non-hydrogen) atoms. The summed E-state index contributed by atoms with van der Waals surface area (Å²) in [7, 11) is 0. The Balaban J connectivity index is 2.49. The number of aryl methyl sites for hydroxylation is 1. The van der Waals surface area contributed by atoms with Gasteiger partial charge in [0.2, 0.25) is 6.41 Å². The van der Waals surface area contributed by atoms with E-state index in [1.54, 1.807) is 0 Å². The van der Waals surface area contributed by atoms with Crippen molar-refractivity contribution in [2.75, 3.05) is 5.32 Å². The molecule has 0 heterocycles. The molecule has 2 aromatic carbocycles. The van der Waals surface area contributed by atoms with Crippen LogP contribution in [0.5, 0.6) is 11.5 Å². The van der Waals surface area contributed by atoms with Crippen molar-refractivity contribution in [3.63, 3.8) is 0 Å². The number of hydrogen-bond donors (Lipinski definition) is 1. The van der Waals surface area contributed by atoms with Gasteiger partial charge in [-0.1, -0.05) is 0 Å². The Morgan fingerprint density at radius 1 is 1.00 bits per heavy atom. The fourth-order valence-electron chi connectivity index (χ4n) is 1.85. The summed E-state index contributed by atoms with van der Waals surface area (Å²) in [5.41, 5.74) is -1.73. The van der Waals surface area contributed by atoms with Crippen LogP contribution in [0.4, 0.5) is 32.0 Å². The minimum Gasteiger partial charge on any atom is -0.449 e. The van der Waals surface area contributed by atoms with Crippen molar-refractivity contribution in [3.8, 4) is 11.5 Å². The van der Waals surface area contributed by atoms with Crippen LogP contribution < -0.4 is 10.1 Å². The first-order valence-electron chi connectivity index (χ1n) is 6.38. The van der Waals surface area contributed by atoms with Crippen molar-refractivity contribution in [1.29, 1.82) is 0 Å². The Morgan fingerprint density at radius 2 is 1.58 bits per heavy atom. The van der Waals surface area contributed by atoms with E-state index in [2.05, 4.69) is 5.32 Å². The van der Waals surface area contributed by atoms with Gasteiger partial charge in [-0.2, -0.15) is 13.2 Å². The Bertz CT molecular complexity index is 765. The molecular formula is C15H9F6NO2. The highest BCUT2D eigenvalue weighted by atomic mass is 19.4. The monoisotopic (exact) mass is 349 g/mol. The Morgan fingerprint density at radius 3 is 2.08 bits per heavy atom. The average Bonchev–Trinajstić information content (AvgIpc) is 2.46. The molecule has 0 aromatic heterocycles. The van der Waals surface area contributed by atoms with E-state index in [9.17, 15) is 31.1 Å². The molecule has 3 nitrogen and oxygen atoms in total. The van der Waals surface area contributed by atoms with Crippen LogP contribution in [0.15, 0.2) is 24.3 Å². The molecule has 0 atom stereocenters. The summed E-state index contributed by atoms with van der Waals surface area (Å²) in [6.07, 6.45) is -4.76. The van der Waals surface area contributed by atoms with E-state index in [1.165, 1.54) is 6.92 Å². The van der Waals surface area contributed by atoms with Crippen LogP contribution in [0.3, 0.4) is 0 Å². The molecule has 2 aromatic rings. The zero-order valence-corrected chi connectivity index (χ0v) is 12.0. The third-order valence-corrected chi connectivity index (χ3v) is 3.01. The highest BCUT2D eigenvalue weighted by Crippen LogP contribution is 2.37. The van der Waals surface area contributed by atoms with Gasteiger partial charge in [0.1, 0.15) is 5.82 Å². The molecule has 0 aliphatic heterocycles. The van der Waals surface area contributed by atoms with Crippen molar-refractivity contribution in [2.45, 2.75) is 13.1 Å². The van der Waals surface area contributed by atoms with E-state index in [0.717, 1.165) is 12.1 Å². The van der Waals surface area contributed by atoms with Crippen LogP contribution in [-0.2, 0) is 11.0 Å². The first kappa shape index (κ1) is 17.6. The average molecular weight is 349 g/mol. The molecule has 0 bridgehead atoms. The number of ether oxygens (including phenoxy) is 1. The van der Waals surface area contributed by atoms with Gasteiger partial charge >= 0.3 is 6.18 Å². The van der Waals surface area contributed by atoms with Crippen LogP contribution in [0.1, 0.15) is 11.1 Å². The standard InChI is InChI=1S/C15H9F6NO2/c1-7-2-13(12(22-6-23)5-9(7)16)24-14-10(17)3-8(4-11(14)18)15(19,20)21/h2-6H,1H3,(H,22,23). The molecule has 0 unspecified atom stereocenters. The van der Waals surface area contributed by atoms with Gasteiger partial charge < -0.3 is 10.1 Å². The van der Waals surface area contributed by atoms with E-state index in [1.807, 2.05) is 0 Å². The van der Waals surface area contributed by atoms with Crippen molar-refractivity contribution in [2.24, 2.45) is 0 Å². The lowest BCUT2D eigenvalue weighted by atomic mass is 10.1. The second kappa shape index (κ2) is 6.42. The highest BCUT2D eigenvalue weighted by Gasteiger charge is 2.33. The predicted octanol–water partition coefficient (Wildman–Crippen LogP) is 4.79. The molecule has 0 fully saturated rings. The third kappa shape index (κ3) is 3.61. The van der Waals surface area contributed by atoms with E-state index in [0.29, 0.717) is 0 Å². The Kier molecular flexibility index (Phi) is 4.72. The smallest absolute Gasteiger partial charge is 0.416 e. The molecule has 9 heteroatoms. The summed E-state index contributed by atoms with van der Waals surface area (Å²) in [6.45, 7) is 1.33. The number of rotatable bonds is 4. The SMILES string of the molecule is Cc1cc(Oc2c(F)cc(C(F)(F)F)cc2F)c(NC=O)cc1F. The molecule has 0 aliphatic carbocycles. The Labute approximate surface area is 131 Å². The quantitative estimate of drug-likeness (QED) is 0.637. The van der Waals surface area contributed by atoms with Gasteiger partial charge in [-0.3, -0.25) is 4.79 Å². The topological polar surface area (TPSA) is 38.3 Å². The van der Waals surface area contributed by atoms with Crippen molar-refractivity contribution in [3.05, 3.63) is 52.8 Å². The summed E-state index contributed by atoms with van der Waals surface area (Å²) in [4.78, 5) is 10.5. The van der Waals surface area contributed by atoms with Gasteiger partial charge in [0.25, 0.3) is 0 Å². The molecule has 128 valence electrons. The van der Waals surface area contributed by atoms with Gasteiger partial charge in [0.15, 0.2) is 23.1 Å². The van der Waals surface area contributed by atoms with Crippen LogP contribution >= 0.6 is 0 Å². The third-order valence-electron chi connectivity index (χ3n) is 3.01. The van der Waals surface area contributed by atoms with Crippen LogP contribution in [0, 0.1) is 24.4 Å². The van der Waals surface area contributed by atoms with Crippen molar-refractivity contribution >= 4 is 12.1 Å². The van der Waals surface area contributed by atoms with E-state index < -0.39 is 34.9 Å². The number of amides is 1. The molecular weight excluding hydrogens is 340 g/mol. The molecule has 2 rings (SSSR count). The summed E-state index contributed by atoms with van der Waals surface area (Å²) >= 11 is 0. The van der Waals surface area contributed by atoms with Crippen LogP contribution in [0.25, 0.3) is 0 Å². The number of benzene rings is 2. The molecule has 0 spiro atoms. The zero-order chi connectivity index (χ0) is 18.1. The number of carbonyl (C=O) groups is 1. The molecule has 0 saturated heterocycles. The second-order valence-corrected chi connectivity index (χ2v) is 4.73. The first-order valence-corrected chi connectivity index (χ1v) is 6.38. The largest absolute Gasteiger partial charge is 0.449 e. The number of alkyl halides is 3. The number of halogens is 6. The van der Waals surface area contributed by atoms with E-state index in [-0.39, 0.29) is 35.5 Å². The normalized spacial score (nSPS) is 11.3. The number of carbonyl (C=O) groups excluding carboxylic acids is 1. The number of hydrogen-bond acceptors (Lipinski definition) is 2. The maximum Gasteiger partial charge on any atom is 0.416 e. The lowest BCUT2D eigenvalue weighted by molar-refractivity contribution is -0.138. The minimum atomic E-state index is -4.93. The Hall–Kier alpha value is -2.71. The maximum atomic E-state index is 13.8. The lowest BCUT2D eigenvalue weighted by Gasteiger charge is -2.14.